The minimum atomic E-state index is -4.66. The molecule has 3 rings (SSSR count). The molecular formula is C12H9F3N8O. The molecule has 0 unspecified atom stereocenters. The molecule has 3 heterocycles. The first-order chi connectivity index (χ1) is 11.4. The van der Waals surface area contributed by atoms with Gasteiger partial charge in [-0.1, -0.05) is 0 Å². The Balaban J connectivity index is 2.03. The zero-order chi connectivity index (χ0) is 17.3. The Labute approximate surface area is 132 Å². The summed E-state index contributed by atoms with van der Waals surface area (Å²) >= 11 is 0. The Morgan fingerprint density at radius 3 is 2.58 bits per heavy atom. The number of hydrogen-bond donors (Lipinski definition) is 1. The van der Waals surface area contributed by atoms with Crippen LogP contribution in [0.2, 0.25) is 0 Å². The Morgan fingerprint density at radius 2 is 2.00 bits per heavy atom. The van der Waals surface area contributed by atoms with Gasteiger partial charge in [0.15, 0.2) is 5.82 Å². The second-order valence-electron chi connectivity index (χ2n) is 4.57. The van der Waals surface area contributed by atoms with Crippen LogP contribution < -0.4 is 5.32 Å². The van der Waals surface area contributed by atoms with E-state index in [4.69, 9.17) is 0 Å². The van der Waals surface area contributed by atoms with Crippen molar-refractivity contribution in [2.75, 3.05) is 5.32 Å². The van der Waals surface area contributed by atoms with Crippen LogP contribution in [0.1, 0.15) is 16.1 Å². The number of nitrogens with one attached hydrogen (secondary N) is 1. The zero-order valence-corrected chi connectivity index (χ0v) is 12.1. The van der Waals surface area contributed by atoms with Crippen molar-refractivity contribution in [3.63, 3.8) is 0 Å². The summed E-state index contributed by atoms with van der Waals surface area (Å²) in [6.45, 7) is 0. The fourth-order valence-corrected chi connectivity index (χ4v) is 1.85. The van der Waals surface area contributed by atoms with Crippen molar-refractivity contribution in [3.8, 4) is 5.82 Å². The Hall–Kier alpha value is -3.31. The number of carbonyl (C=O) groups excluding carboxylic acids is 1. The van der Waals surface area contributed by atoms with Crippen LogP contribution >= 0.6 is 0 Å². The summed E-state index contributed by atoms with van der Waals surface area (Å²) in [7, 11) is 1.55. The predicted octanol–water partition coefficient (Wildman–Crippen LogP) is 1.06. The monoisotopic (exact) mass is 338 g/mol. The van der Waals surface area contributed by atoms with Gasteiger partial charge in [-0.3, -0.25) is 10.1 Å². The van der Waals surface area contributed by atoms with Crippen LogP contribution in [0.15, 0.2) is 31.1 Å². The van der Waals surface area contributed by atoms with E-state index in [1.54, 1.807) is 7.05 Å². The van der Waals surface area contributed by atoms with Gasteiger partial charge in [0.05, 0.1) is 5.56 Å². The van der Waals surface area contributed by atoms with E-state index in [0.717, 1.165) is 23.4 Å². The van der Waals surface area contributed by atoms with Gasteiger partial charge in [-0.05, 0) is 12.1 Å². The van der Waals surface area contributed by atoms with Crippen molar-refractivity contribution in [3.05, 3.63) is 42.4 Å². The van der Waals surface area contributed by atoms with E-state index in [1.165, 1.54) is 11.0 Å². The second-order valence-corrected chi connectivity index (χ2v) is 4.57. The van der Waals surface area contributed by atoms with Crippen LogP contribution in [0.3, 0.4) is 0 Å². The standard InChI is InChI=1S/C12H9F3N8O/c1-22-11(17-5-18-22)21-10(24)7-2-3-8(12(13,14)15)20-9(7)23-6-16-4-19-23/h2-6H,1H3,(H,17,18,21,24). The maximum absolute atomic E-state index is 12.9. The molecule has 3 aromatic heterocycles. The first-order valence-corrected chi connectivity index (χ1v) is 6.45. The lowest BCUT2D eigenvalue weighted by molar-refractivity contribution is -0.141. The molecule has 0 fully saturated rings. The molecule has 12 heteroatoms. The van der Waals surface area contributed by atoms with E-state index in [-0.39, 0.29) is 17.3 Å². The van der Waals surface area contributed by atoms with E-state index < -0.39 is 17.8 Å². The molecule has 0 aliphatic heterocycles. The number of amides is 1. The van der Waals surface area contributed by atoms with E-state index in [1.807, 2.05) is 0 Å². The molecule has 0 aromatic carbocycles. The van der Waals surface area contributed by atoms with Crippen molar-refractivity contribution in [1.82, 2.24) is 34.5 Å². The number of halogens is 3. The molecule has 24 heavy (non-hydrogen) atoms. The molecule has 0 saturated carbocycles. The number of aryl methyl sites for hydroxylation is 1. The molecule has 1 N–H and O–H groups in total. The average molecular weight is 338 g/mol. The highest BCUT2D eigenvalue weighted by molar-refractivity contribution is 6.05. The largest absolute Gasteiger partial charge is 0.433 e. The third-order valence-corrected chi connectivity index (χ3v) is 2.98. The average Bonchev–Trinajstić information content (AvgIpc) is 3.18. The zero-order valence-electron chi connectivity index (χ0n) is 12.1. The highest BCUT2D eigenvalue weighted by atomic mass is 19.4. The van der Waals surface area contributed by atoms with Crippen molar-refractivity contribution in [2.45, 2.75) is 6.18 Å². The number of nitrogens with zero attached hydrogens (tertiary/aromatic N) is 7. The van der Waals surface area contributed by atoms with Crippen LogP contribution in [0.5, 0.6) is 0 Å². The van der Waals surface area contributed by atoms with E-state index in [9.17, 15) is 18.0 Å². The SMILES string of the molecule is Cn1ncnc1NC(=O)c1ccc(C(F)(F)F)nc1-n1cncn1. The van der Waals surface area contributed by atoms with Crippen molar-refractivity contribution >= 4 is 11.9 Å². The number of anilines is 1. The maximum atomic E-state index is 12.9. The number of hydrogen-bond acceptors (Lipinski definition) is 6. The third-order valence-electron chi connectivity index (χ3n) is 2.98. The summed E-state index contributed by atoms with van der Waals surface area (Å²) in [4.78, 5) is 23.3. The van der Waals surface area contributed by atoms with Gasteiger partial charge >= 0.3 is 6.18 Å². The van der Waals surface area contributed by atoms with Crippen LogP contribution in [0, 0.1) is 0 Å². The van der Waals surface area contributed by atoms with Gasteiger partial charge in [0, 0.05) is 7.05 Å². The summed E-state index contributed by atoms with van der Waals surface area (Å²) in [5.74, 6) is -0.885. The molecule has 0 aliphatic carbocycles. The van der Waals surface area contributed by atoms with Crippen LogP contribution in [0.25, 0.3) is 5.82 Å². The Morgan fingerprint density at radius 1 is 1.21 bits per heavy atom. The molecule has 0 spiro atoms. The second kappa shape index (κ2) is 5.72. The van der Waals surface area contributed by atoms with Gasteiger partial charge in [-0.2, -0.15) is 28.4 Å². The van der Waals surface area contributed by atoms with Gasteiger partial charge in [-0.25, -0.2) is 19.3 Å². The van der Waals surface area contributed by atoms with Crippen molar-refractivity contribution < 1.29 is 18.0 Å². The van der Waals surface area contributed by atoms with Gasteiger partial charge < -0.3 is 0 Å². The molecule has 1 amide bonds. The lowest BCUT2D eigenvalue weighted by Gasteiger charge is -2.12. The molecule has 0 radical (unpaired) electrons. The number of alkyl halides is 3. The van der Waals surface area contributed by atoms with E-state index in [0.29, 0.717) is 6.07 Å². The molecule has 124 valence electrons. The normalized spacial score (nSPS) is 11.5. The number of rotatable bonds is 3. The van der Waals surface area contributed by atoms with Crippen LogP contribution in [-0.2, 0) is 13.2 Å². The van der Waals surface area contributed by atoms with Crippen LogP contribution in [0.4, 0.5) is 19.1 Å². The fraction of sp³-hybridized carbons (Fsp3) is 0.167. The summed E-state index contributed by atoms with van der Waals surface area (Å²) < 4.78 is 40.9. The van der Waals surface area contributed by atoms with Gasteiger partial charge in [0.25, 0.3) is 5.91 Å². The lowest BCUT2D eigenvalue weighted by atomic mass is 10.2. The number of pyridine rings is 1. The van der Waals surface area contributed by atoms with Crippen molar-refractivity contribution in [2.24, 2.45) is 7.05 Å². The third kappa shape index (κ3) is 2.93. The first kappa shape index (κ1) is 15.6. The molecule has 0 aliphatic rings. The highest BCUT2D eigenvalue weighted by Gasteiger charge is 2.34. The smallest absolute Gasteiger partial charge is 0.290 e. The van der Waals surface area contributed by atoms with Gasteiger partial charge in [0.2, 0.25) is 5.95 Å². The molecule has 0 atom stereocenters. The Kier molecular flexibility index (Phi) is 3.71. The van der Waals surface area contributed by atoms with E-state index in [2.05, 4.69) is 30.5 Å². The highest BCUT2D eigenvalue weighted by Crippen LogP contribution is 2.29. The maximum Gasteiger partial charge on any atom is 0.433 e. The van der Waals surface area contributed by atoms with E-state index >= 15 is 0 Å². The topological polar surface area (TPSA) is 103 Å². The number of carbonyl (C=O) groups is 1. The minimum Gasteiger partial charge on any atom is -0.290 e. The molecule has 0 saturated heterocycles. The lowest BCUT2D eigenvalue weighted by Crippen LogP contribution is -2.20. The fourth-order valence-electron chi connectivity index (χ4n) is 1.85. The summed E-state index contributed by atoms with van der Waals surface area (Å²) in [6.07, 6.45) is -1.18. The summed E-state index contributed by atoms with van der Waals surface area (Å²) in [6, 6.07) is 1.73. The molecular weight excluding hydrogens is 329 g/mol. The van der Waals surface area contributed by atoms with Gasteiger partial charge in [0.1, 0.15) is 24.7 Å². The predicted molar refractivity (Wildman–Crippen MR) is 73.1 cm³/mol. The summed E-state index contributed by atoms with van der Waals surface area (Å²) in [5.41, 5.74) is -1.28. The molecule has 9 nitrogen and oxygen atoms in total. The number of aromatic nitrogens is 7. The summed E-state index contributed by atoms with van der Waals surface area (Å²) in [5, 5.41) is 9.95. The van der Waals surface area contributed by atoms with Gasteiger partial charge in [-0.15, -0.1) is 0 Å². The Bertz CT molecular complexity index is 871. The quantitative estimate of drug-likeness (QED) is 0.766. The first-order valence-electron chi connectivity index (χ1n) is 6.45. The van der Waals surface area contributed by atoms with Crippen molar-refractivity contribution in [1.29, 1.82) is 0 Å². The minimum absolute atomic E-state index is 0.128. The molecule has 3 aromatic rings. The molecule has 0 bridgehead atoms. The van der Waals surface area contributed by atoms with Crippen LogP contribution in [-0.4, -0.2) is 40.4 Å².